The molecule has 1 heterocycles. The number of amides is 1. The fourth-order valence-corrected chi connectivity index (χ4v) is 3.92. The average Bonchev–Trinajstić information content (AvgIpc) is 3.21. The maximum atomic E-state index is 12.7. The lowest BCUT2D eigenvalue weighted by atomic mass is 9.78. The van der Waals surface area contributed by atoms with Gasteiger partial charge < -0.3 is 14.8 Å². The summed E-state index contributed by atoms with van der Waals surface area (Å²) in [5, 5.41) is 7.20. The number of rotatable bonds is 8. The first kappa shape index (κ1) is 20.1. The smallest absolute Gasteiger partial charge is 0.271 e. The van der Waals surface area contributed by atoms with Gasteiger partial charge in [-0.15, -0.1) is 0 Å². The molecule has 1 aromatic heterocycles. The van der Waals surface area contributed by atoms with Crippen LogP contribution >= 0.6 is 0 Å². The first-order chi connectivity index (χ1) is 13.6. The number of hydrogen-bond acceptors (Lipinski definition) is 5. The van der Waals surface area contributed by atoms with E-state index in [4.69, 9.17) is 9.47 Å². The monoisotopic (exact) mass is 385 g/mol. The van der Waals surface area contributed by atoms with Gasteiger partial charge in [-0.1, -0.05) is 31.0 Å². The lowest BCUT2D eigenvalue weighted by Gasteiger charge is -2.31. The van der Waals surface area contributed by atoms with Crippen molar-refractivity contribution >= 4 is 5.91 Å². The molecule has 0 aliphatic heterocycles. The Kier molecular flexibility index (Phi) is 6.46. The third-order valence-electron chi connectivity index (χ3n) is 5.43. The zero-order valence-corrected chi connectivity index (χ0v) is 16.4. The first-order valence-corrected chi connectivity index (χ1v) is 9.58. The molecule has 0 atom stereocenters. The van der Waals surface area contributed by atoms with Crippen LogP contribution in [0.3, 0.4) is 0 Å². The molecular weight excluding hydrogens is 358 g/mol. The summed E-state index contributed by atoms with van der Waals surface area (Å²) in [7, 11) is 3.23. The molecule has 0 spiro atoms. The van der Waals surface area contributed by atoms with E-state index in [2.05, 4.69) is 16.5 Å². The van der Waals surface area contributed by atoms with Crippen LogP contribution in [0.2, 0.25) is 0 Å². The molecule has 1 saturated carbocycles. The van der Waals surface area contributed by atoms with Crippen LogP contribution in [0.5, 0.6) is 5.75 Å². The highest BCUT2D eigenvalue weighted by atomic mass is 16.5. The van der Waals surface area contributed by atoms with Gasteiger partial charge in [0.05, 0.1) is 20.3 Å². The number of ether oxygens (including phenoxy) is 2. The van der Waals surface area contributed by atoms with Crippen LogP contribution in [-0.2, 0) is 16.7 Å². The fourth-order valence-electron chi connectivity index (χ4n) is 3.92. The van der Waals surface area contributed by atoms with Crippen LogP contribution in [0, 0.1) is 0 Å². The third-order valence-corrected chi connectivity index (χ3v) is 5.43. The molecule has 28 heavy (non-hydrogen) atoms. The number of benzene rings is 1. The summed E-state index contributed by atoms with van der Waals surface area (Å²) in [6.07, 6.45) is 4.23. The molecule has 1 amide bonds. The van der Waals surface area contributed by atoms with Crippen molar-refractivity contribution in [3.8, 4) is 5.75 Å². The second-order valence-electron chi connectivity index (χ2n) is 7.14. The predicted molar refractivity (Wildman–Crippen MR) is 106 cm³/mol. The van der Waals surface area contributed by atoms with E-state index in [0.717, 1.165) is 37.0 Å². The van der Waals surface area contributed by atoms with E-state index >= 15 is 0 Å². The highest BCUT2D eigenvalue weighted by Crippen LogP contribution is 2.44. The van der Waals surface area contributed by atoms with E-state index in [1.54, 1.807) is 14.2 Å². The molecule has 1 aromatic carbocycles. The number of nitrogens with one attached hydrogen (secondary N) is 1. The SMILES string of the molecule is COCCn1nc(C(=O)NCC2(c3ccccc3OC)CCCC2)ccc1=O. The Morgan fingerprint density at radius 1 is 1.18 bits per heavy atom. The Labute approximate surface area is 164 Å². The number of aromatic nitrogens is 2. The van der Waals surface area contributed by atoms with Gasteiger partial charge in [0.25, 0.3) is 11.5 Å². The second kappa shape index (κ2) is 9.01. The zero-order chi connectivity index (χ0) is 20.0. The van der Waals surface area contributed by atoms with Gasteiger partial charge in [-0.3, -0.25) is 9.59 Å². The van der Waals surface area contributed by atoms with Crippen LogP contribution in [0.25, 0.3) is 0 Å². The lowest BCUT2D eigenvalue weighted by molar-refractivity contribution is 0.0934. The third kappa shape index (κ3) is 4.25. The summed E-state index contributed by atoms with van der Waals surface area (Å²) in [6.45, 7) is 1.17. The zero-order valence-electron chi connectivity index (χ0n) is 16.4. The van der Waals surface area contributed by atoms with Crippen molar-refractivity contribution in [2.75, 3.05) is 27.4 Å². The highest BCUT2D eigenvalue weighted by Gasteiger charge is 2.38. The van der Waals surface area contributed by atoms with Crippen molar-refractivity contribution in [2.24, 2.45) is 0 Å². The second-order valence-corrected chi connectivity index (χ2v) is 7.14. The van der Waals surface area contributed by atoms with Gasteiger partial charge in [0.1, 0.15) is 11.4 Å². The molecule has 7 nitrogen and oxygen atoms in total. The van der Waals surface area contributed by atoms with Gasteiger partial charge in [0, 0.05) is 30.7 Å². The number of carbonyl (C=O) groups excluding carboxylic acids is 1. The summed E-state index contributed by atoms with van der Waals surface area (Å²) in [4.78, 5) is 24.6. The molecule has 7 heteroatoms. The quantitative estimate of drug-likeness (QED) is 0.753. The minimum absolute atomic E-state index is 0.146. The van der Waals surface area contributed by atoms with Gasteiger partial charge in [-0.05, 0) is 25.0 Å². The van der Waals surface area contributed by atoms with Crippen molar-refractivity contribution < 1.29 is 14.3 Å². The van der Waals surface area contributed by atoms with Crippen LogP contribution in [0.1, 0.15) is 41.7 Å². The topological polar surface area (TPSA) is 82.5 Å². The van der Waals surface area contributed by atoms with Gasteiger partial charge in [0.2, 0.25) is 0 Å². The van der Waals surface area contributed by atoms with Gasteiger partial charge in [-0.2, -0.15) is 5.10 Å². The number of methoxy groups -OCH3 is 2. The molecule has 1 fully saturated rings. The van der Waals surface area contributed by atoms with E-state index in [1.165, 1.54) is 16.8 Å². The van der Waals surface area contributed by atoms with Crippen LogP contribution < -0.4 is 15.6 Å². The molecule has 1 N–H and O–H groups in total. The van der Waals surface area contributed by atoms with Crippen molar-refractivity contribution in [3.63, 3.8) is 0 Å². The highest BCUT2D eigenvalue weighted by molar-refractivity contribution is 5.92. The van der Waals surface area contributed by atoms with Crippen LogP contribution in [0.4, 0.5) is 0 Å². The van der Waals surface area contributed by atoms with Gasteiger partial charge in [0.15, 0.2) is 0 Å². The maximum absolute atomic E-state index is 12.7. The Morgan fingerprint density at radius 2 is 1.93 bits per heavy atom. The maximum Gasteiger partial charge on any atom is 0.271 e. The molecule has 150 valence electrons. The molecular formula is C21H27N3O4. The Hall–Kier alpha value is -2.67. The predicted octanol–water partition coefficient (Wildman–Crippen LogP) is 2.14. The molecule has 0 radical (unpaired) electrons. The number of hydrogen-bond donors (Lipinski definition) is 1. The lowest BCUT2D eigenvalue weighted by Crippen LogP contribution is -2.40. The normalized spacial score (nSPS) is 15.4. The molecule has 1 aliphatic carbocycles. The minimum Gasteiger partial charge on any atom is -0.496 e. The summed E-state index contributed by atoms with van der Waals surface area (Å²) in [6, 6.07) is 10.8. The Bertz CT molecular complexity index is 872. The Morgan fingerprint density at radius 3 is 2.64 bits per heavy atom. The van der Waals surface area contributed by atoms with Crippen LogP contribution in [-0.4, -0.2) is 43.1 Å². The van der Waals surface area contributed by atoms with Crippen molar-refractivity contribution in [2.45, 2.75) is 37.6 Å². The fraction of sp³-hybridized carbons (Fsp3) is 0.476. The molecule has 1 aliphatic rings. The number of para-hydroxylation sites is 1. The van der Waals surface area contributed by atoms with Crippen molar-refractivity contribution in [1.29, 1.82) is 0 Å². The van der Waals surface area contributed by atoms with E-state index in [0.29, 0.717) is 19.7 Å². The molecule has 0 bridgehead atoms. The number of carbonyl (C=O) groups is 1. The molecule has 2 aromatic rings. The number of nitrogens with zero attached hydrogens (tertiary/aromatic N) is 2. The van der Waals surface area contributed by atoms with Crippen molar-refractivity contribution in [1.82, 2.24) is 15.1 Å². The minimum atomic E-state index is -0.285. The van der Waals surface area contributed by atoms with E-state index in [-0.39, 0.29) is 22.6 Å². The summed E-state index contributed by atoms with van der Waals surface area (Å²) >= 11 is 0. The average molecular weight is 385 g/mol. The van der Waals surface area contributed by atoms with Gasteiger partial charge >= 0.3 is 0 Å². The molecule has 0 saturated heterocycles. The van der Waals surface area contributed by atoms with Crippen LogP contribution in [0.15, 0.2) is 41.2 Å². The Balaban J connectivity index is 1.77. The van der Waals surface area contributed by atoms with Gasteiger partial charge in [-0.25, -0.2) is 4.68 Å². The molecule has 3 rings (SSSR count). The van der Waals surface area contributed by atoms with E-state index in [9.17, 15) is 9.59 Å². The largest absolute Gasteiger partial charge is 0.496 e. The van der Waals surface area contributed by atoms with Crippen molar-refractivity contribution in [3.05, 3.63) is 58.0 Å². The molecule has 0 unspecified atom stereocenters. The summed E-state index contributed by atoms with van der Waals surface area (Å²) in [5.74, 6) is 0.567. The van der Waals surface area contributed by atoms with E-state index in [1.807, 2.05) is 18.2 Å². The standard InChI is InChI=1S/C21H27N3O4/c1-27-14-13-24-19(25)10-9-17(23-24)20(26)22-15-21(11-5-6-12-21)16-7-3-4-8-18(16)28-2/h3-4,7-10H,5-6,11-15H2,1-2H3,(H,22,26). The first-order valence-electron chi connectivity index (χ1n) is 9.58. The van der Waals surface area contributed by atoms with E-state index < -0.39 is 0 Å². The summed E-state index contributed by atoms with van der Waals surface area (Å²) < 4.78 is 11.8. The summed E-state index contributed by atoms with van der Waals surface area (Å²) in [5.41, 5.74) is 0.958.